The van der Waals surface area contributed by atoms with Crippen molar-refractivity contribution in [3.8, 4) is 0 Å². The predicted octanol–water partition coefficient (Wildman–Crippen LogP) is 2.20. The summed E-state index contributed by atoms with van der Waals surface area (Å²) >= 11 is 0. The maximum Gasteiger partial charge on any atom is 0.243 e. The predicted molar refractivity (Wildman–Crippen MR) is 85.4 cm³/mol. The zero-order chi connectivity index (χ0) is 14.5. The summed E-state index contributed by atoms with van der Waals surface area (Å²) in [6.07, 6.45) is 4.54. The first-order chi connectivity index (χ1) is 9.39. The van der Waals surface area contributed by atoms with Gasteiger partial charge < -0.3 is 15.4 Å². The fourth-order valence-corrected chi connectivity index (χ4v) is 4.65. The van der Waals surface area contributed by atoms with E-state index in [1.165, 1.54) is 6.42 Å². The number of ether oxygens (including phenoxy) is 1. The first-order valence-electron chi connectivity index (χ1n) is 8.09. The van der Waals surface area contributed by atoms with E-state index >= 15 is 0 Å². The molecule has 5 heteroatoms. The smallest absolute Gasteiger partial charge is 0.243 e. The molecule has 2 heterocycles. The highest BCUT2D eigenvalue weighted by atomic mass is 35.5. The number of likely N-dealkylation sites (tertiary alicyclic amines) is 1. The van der Waals surface area contributed by atoms with E-state index in [4.69, 9.17) is 10.5 Å². The summed E-state index contributed by atoms with van der Waals surface area (Å²) in [5, 5.41) is 0. The van der Waals surface area contributed by atoms with Gasteiger partial charge in [-0.3, -0.25) is 4.79 Å². The number of amides is 1. The average molecular weight is 317 g/mol. The molecule has 0 aromatic heterocycles. The SMILES string of the molecule is CC1CCCN(C(=O)C2(N)C3CCCOC3C2(C)C)C1.Cl. The van der Waals surface area contributed by atoms with Crippen LogP contribution < -0.4 is 5.73 Å². The summed E-state index contributed by atoms with van der Waals surface area (Å²) in [6.45, 7) is 8.98. The molecule has 1 aliphatic carbocycles. The van der Waals surface area contributed by atoms with Crippen molar-refractivity contribution in [1.82, 2.24) is 4.90 Å². The maximum absolute atomic E-state index is 13.1. The van der Waals surface area contributed by atoms with Crippen LogP contribution in [0.5, 0.6) is 0 Å². The van der Waals surface area contributed by atoms with Crippen LogP contribution in [0.4, 0.5) is 0 Å². The second-order valence-electron chi connectivity index (χ2n) is 7.63. The molecule has 2 aliphatic heterocycles. The number of piperidine rings is 1. The molecule has 0 bridgehead atoms. The standard InChI is InChI=1S/C16H28N2O2.ClH/c1-11-6-4-8-18(10-11)14(19)16(17)12-7-5-9-20-13(12)15(16,2)3;/h11-13H,4-10,17H2,1-3H3;1H. The van der Waals surface area contributed by atoms with E-state index in [1.54, 1.807) is 0 Å². The number of fused-ring (bicyclic) bond motifs is 1. The molecule has 4 unspecified atom stereocenters. The van der Waals surface area contributed by atoms with Crippen LogP contribution in [-0.4, -0.2) is 42.1 Å². The number of nitrogens with zero attached hydrogens (tertiary/aromatic N) is 1. The number of carbonyl (C=O) groups excluding carboxylic acids is 1. The molecule has 4 atom stereocenters. The zero-order valence-electron chi connectivity index (χ0n) is 13.4. The molecule has 2 N–H and O–H groups in total. The minimum Gasteiger partial charge on any atom is -0.377 e. The normalized spacial score (nSPS) is 41.5. The van der Waals surface area contributed by atoms with Crippen molar-refractivity contribution >= 4 is 18.3 Å². The lowest BCUT2D eigenvalue weighted by molar-refractivity contribution is -0.230. The molecule has 21 heavy (non-hydrogen) atoms. The minimum atomic E-state index is -0.727. The Morgan fingerprint density at radius 3 is 2.67 bits per heavy atom. The van der Waals surface area contributed by atoms with Crippen LogP contribution in [-0.2, 0) is 9.53 Å². The van der Waals surface area contributed by atoms with Gasteiger partial charge in [-0.2, -0.15) is 0 Å². The lowest BCUT2D eigenvalue weighted by Crippen LogP contribution is -2.82. The van der Waals surface area contributed by atoms with Crippen molar-refractivity contribution < 1.29 is 9.53 Å². The number of carbonyl (C=O) groups is 1. The van der Waals surface area contributed by atoms with Crippen molar-refractivity contribution in [2.75, 3.05) is 19.7 Å². The van der Waals surface area contributed by atoms with Crippen molar-refractivity contribution in [1.29, 1.82) is 0 Å². The van der Waals surface area contributed by atoms with Gasteiger partial charge in [0.2, 0.25) is 5.91 Å². The lowest BCUT2D eigenvalue weighted by Gasteiger charge is -2.66. The highest BCUT2D eigenvalue weighted by Crippen LogP contribution is 2.58. The Bertz CT molecular complexity index is 415. The molecule has 3 aliphatic rings. The van der Waals surface area contributed by atoms with E-state index in [9.17, 15) is 4.79 Å². The van der Waals surface area contributed by atoms with Crippen molar-refractivity contribution in [3.63, 3.8) is 0 Å². The minimum absolute atomic E-state index is 0. The summed E-state index contributed by atoms with van der Waals surface area (Å²) in [5.74, 6) is 0.967. The van der Waals surface area contributed by atoms with Gasteiger partial charge >= 0.3 is 0 Å². The lowest BCUT2D eigenvalue weighted by atomic mass is 9.46. The fraction of sp³-hybridized carbons (Fsp3) is 0.938. The van der Waals surface area contributed by atoms with Crippen LogP contribution in [0.15, 0.2) is 0 Å². The highest BCUT2D eigenvalue weighted by Gasteiger charge is 2.70. The topological polar surface area (TPSA) is 55.6 Å². The molecule has 0 spiro atoms. The highest BCUT2D eigenvalue weighted by molar-refractivity contribution is 5.89. The second kappa shape index (κ2) is 5.71. The van der Waals surface area contributed by atoms with E-state index in [-0.39, 0.29) is 35.8 Å². The van der Waals surface area contributed by atoms with E-state index in [2.05, 4.69) is 20.8 Å². The maximum atomic E-state index is 13.1. The van der Waals surface area contributed by atoms with Gasteiger partial charge in [0.05, 0.1) is 6.10 Å². The summed E-state index contributed by atoms with van der Waals surface area (Å²) in [7, 11) is 0. The van der Waals surface area contributed by atoms with Crippen LogP contribution >= 0.6 is 12.4 Å². The van der Waals surface area contributed by atoms with E-state index in [1.807, 2.05) is 4.90 Å². The van der Waals surface area contributed by atoms with Crippen LogP contribution in [0.25, 0.3) is 0 Å². The quantitative estimate of drug-likeness (QED) is 0.807. The summed E-state index contributed by atoms with van der Waals surface area (Å²) < 4.78 is 5.90. The van der Waals surface area contributed by atoms with Gasteiger partial charge in [0.25, 0.3) is 0 Å². The van der Waals surface area contributed by atoms with Gasteiger partial charge in [0.1, 0.15) is 5.54 Å². The third-order valence-corrected chi connectivity index (χ3v) is 5.98. The number of hydrogen-bond donors (Lipinski definition) is 1. The Hall–Kier alpha value is -0.320. The number of nitrogens with two attached hydrogens (primary N) is 1. The van der Waals surface area contributed by atoms with Gasteiger partial charge in [-0.25, -0.2) is 0 Å². The average Bonchev–Trinajstić information content (AvgIpc) is 2.45. The number of hydrogen-bond acceptors (Lipinski definition) is 3. The summed E-state index contributed by atoms with van der Waals surface area (Å²) in [5.41, 5.74) is 5.70. The molecular formula is C16H29ClN2O2. The molecule has 0 aromatic rings. The van der Waals surface area contributed by atoms with E-state index in [0.29, 0.717) is 5.92 Å². The van der Waals surface area contributed by atoms with Crippen molar-refractivity contribution in [2.45, 2.75) is 58.1 Å². The third kappa shape index (κ3) is 2.30. The first kappa shape index (κ1) is 17.0. The molecule has 3 fully saturated rings. The van der Waals surface area contributed by atoms with Crippen LogP contribution in [0.2, 0.25) is 0 Å². The van der Waals surface area contributed by atoms with Crippen LogP contribution in [0, 0.1) is 17.3 Å². The summed E-state index contributed by atoms with van der Waals surface area (Å²) in [4.78, 5) is 15.1. The number of rotatable bonds is 1. The van der Waals surface area contributed by atoms with Gasteiger partial charge in [-0.05, 0) is 31.6 Å². The molecule has 122 valence electrons. The summed E-state index contributed by atoms with van der Waals surface area (Å²) in [6, 6.07) is 0. The molecule has 2 saturated heterocycles. The zero-order valence-corrected chi connectivity index (χ0v) is 14.2. The van der Waals surface area contributed by atoms with Crippen molar-refractivity contribution in [3.05, 3.63) is 0 Å². The number of halogens is 1. The monoisotopic (exact) mass is 316 g/mol. The Morgan fingerprint density at radius 2 is 2.00 bits per heavy atom. The molecule has 4 nitrogen and oxygen atoms in total. The molecule has 0 radical (unpaired) electrons. The Morgan fingerprint density at radius 1 is 1.29 bits per heavy atom. The molecule has 0 aromatic carbocycles. The Balaban J connectivity index is 0.00000161. The van der Waals surface area contributed by atoms with E-state index < -0.39 is 5.54 Å². The van der Waals surface area contributed by atoms with Gasteiger partial charge in [-0.1, -0.05) is 20.8 Å². The van der Waals surface area contributed by atoms with Gasteiger partial charge in [-0.15, -0.1) is 12.4 Å². The Kier molecular flexibility index (Phi) is 4.63. The molecule has 3 rings (SSSR count). The molecule has 1 saturated carbocycles. The van der Waals surface area contributed by atoms with Crippen molar-refractivity contribution in [2.24, 2.45) is 23.0 Å². The molecule has 1 amide bonds. The van der Waals surface area contributed by atoms with Gasteiger partial charge in [0.15, 0.2) is 0 Å². The Labute approximate surface area is 134 Å². The first-order valence-corrected chi connectivity index (χ1v) is 8.09. The van der Waals surface area contributed by atoms with Crippen LogP contribution in [0.1, 0.15) is 46.5 Å². The van der Waals surface area contributed by atoms with Crippen LogP contribution in [0.3, 0.4) is 0 Å². The third-order valence-electron chi connectivity index (χ3n) is 5.98. The van der Waals surface area contributed by atoms with Gasteiger partial charge in [0, 0.05) is 31.0 Å². The molecular weight excluding hydrogens is 288 g/mol. The second-order valence-corrected chi connectivity index (χ2v) is 7.63. The fourth-order valence-electron chi connectivity index (χ4n) is 4.65. The largest absolute Gasteiger partial charge is 0.377 e. The van der Waals surface area contributed by atoms with E-state index in [0.717, 1.165) is 39.0 Å².